The lowest BCUT2D eigenvalue weighted by Crippen LogP contribution is -2.13. The number of hydrogen-bond donors (Lipinski definition) is 3. The molecule has 0 aliphatic rings. The van der Waals surface area contributed by atoms with Gasteiger partial charge >= 0.3 is 0 Å². The monoisotopic (exact) mass is 478 g/mol. The number of sulfonamides is 1. The first-order valence-corrected chi connectivity index (χ1v) is 12.2. The van der Waals surface area contributed by atoms with Gasteiger partial charge in [-0.05, 0) is 69.7 Å². The normalized spacial score (nSPS) is 11.3. The van der Waals surface area contributed by atoms with Gasteiger partial charge in [-0.3, -0.25) is 4.72 Å². The van der Waals surface area contributed by atoms with Gasteiger partial charge in [0.05, 0.1) is 0 Å². The van der Waals surface area contributed by atoms with Crippen LogP contribution in [0.3, 0.4) is 0 Å². The highest BCUT2D eigenvalue weighted by molar-refractivity contribution is 7.92. The van der Waals surface area contributed by atoms with Crippen molar-refractivity contribution in [1.82, 2.24) is 24.5 Å². The zero-order chi connectivity index (χ0) is 24.3. The van der Waals surface area contributed by atoms with Crippen LogP contribution < -0.4 is 15.4 Å². The zero-order valence-electron chi connectivity index (χ0n) is 19.4. The molecule has 0 amide bonds. The molecule has 3 N–H and O–H groups in total. The lowest BCUT2D eigenvalue weighted by atomic mass is 10.3. The van der Waals surface area contributed by atoms with E-state index in [1.165, 1.54) is 6.20 Å². The van der Waals surface area contributed by atoms with Gasteiger partial charge < -0.3 is 15.2 Å². The molecule has 4 rings (SSSR count). The second-order valence-electron chi connectivity index (χ2n) is 7.75. The van der Waals surface area contributed by atoms with Crippen LogP contribution in [0.5, 0.6) is 0 Å². The summed E-state index contributed by atoms with van der Waals surface area (Å²) in [4.78, 5) is 17.3. The molecular weight excluding hydrogens is 452 g/mol. The minimum atomic E-state index is -3.78. The van der Waals surface area contributed by atoms with Gasteiger partial charge in [-0.2, -0.15) is 8.42 Å². The SMILES string of the molecule is CCn1cc(S(=O)(=O)Nc2ccc(Nc3cc(Nc4cc(C)ccn4)nc(C)n3)cc2)nc1C. The topological polar surface area (TPSA) is 127 Å². The molecule has 11 heteroatoms. The van der Waals surface area contributed by atoms with E-state index in [2.05, 4.69) is 35.3 Å². The van der Waals surface area contributed by atoms with Gasteiger partial charge in [0.1, 0.15) is 29.1 Å². The van der Waals surface area contributed by atoms with Crippen LogP contribution in [0.15, 0.2) is 59.9 Å². The minimum Gasteiger partial charge on any atom is -0.340 e. The third-order valence-electron chi connectivity index (χ3n) is 4.99. The molecule has 0 unspecified atom stereocenters. The van der Waals surface area contributed by atoms with E-state index in [0.717, 1.165) is 11.3 Å². The van der Waals surface area contributed by atoms with Crippen molar-refractivity contribution >= 4 is 38.9 Å². The number of nitrogens with one attached hydrogen (secondary N) is 3. The number of hydrogen-bond acceptors (Lipinski definition) is 8. The average molecular weight is 479 g/mol. The largest absolute Gasteiger partial charge is 0.340 e. The van der Waals surface area contributed by atoms with Gasteiger partial charge in [0.15, 0.2) is 5.03 Å². The number of aromatic nitrogens is 5. The van der Waals surface area contributed by atoms with Gasteiger partial charge in [0.25, 0.3) is 10.0 Å². The van der Waals surface area contributed by atoms with Crippen LogP contribution in [-0.2, 0) is 16.6 Å². The Morgan fingerprint density at radius 1 is 0.853 bits per heavy atom. The molecule has 0 saturated heterocycles. The molecule has 0 radical (unpaired) electrons. The number of nitrogens with zero attached hydrogens (tertiary/aromatic N) is 5. The van der Waals surface area contributed by atoms with E-state index in [9.17, 15) is 8.42 Å². The van der Waals surface area contributed by atoms with E-state index >= 15 is 0 Å². The van der Waals surface area contributed by atoms with Gasteiger partial charge in [-0.1, -0.05) is 0 Å². The number of aryl methyl sites for hydroxylation is 4. The Morgan fingerprint density at radius 2 is 1.53 bits per heavy atom. The first-order chi connectivity index (χ1) is 16.2. The van der Waals surface area contributed by atoms with E-state index in [0.29, 0.717) is 41.3 Å². The molecule has 3 aromatic heterocycles. The first kappa shape index (κ1) is 23.2. The number of benzene rings is 1. The molecule has 0 aliphatic heterocycles. The standard InChI is InChI=1S/C23H26N8O2S/c1-5-31-14-23(27-17(31)4)34(32,33)30-19-8-6-18(7-9-19)28-21-13-22(26-16(3)25-21)29-20-12-15(2)10-11-24-20/h6-14,30H,5H2,1-4H3,(H2,24,25,26,28,29). The molecule has 0 fully saturated rings. The van der Waals surface area contributed by atoms with E-state index in [1.54, 1.807) is 54.9 Å². The maximum Gasteiger partial charge on any atom is 0.280 e. The molecule has 176 valence electrons. The van der Waals surface area contributed by atoms with Gasteiger partial charge in [0, 0.05) is 36.4 Å². The summed E-state index contributed by atoms with van der Waals surface area (Å²) >= 11 is 0. The van der Waals surface area contributed by atoms with Gasteiger partial charge in [-0.25, -0.2) is 19.9 Å². The number of imidazole rings is 1. The fourth-order valence-electron chi connectivity index (χ4n) is 3.34. The Morgan fingerprint density at radius 3 is 2.18 bits per heavy atom. The Kier molecular flexibility index (Phi) is 6.46. The average Bonchev–Trinajstić information content (AvgIpc) is 3.16. The van der Waals surface area contributed by atoms with Crippen LogP contribution >= 0.6 is 0 Å². The second-order valence-corrected chi connectivity index (χ2v) is 9.38. The summed E-state index contributed by atoms with van der Waals surface area (Å²) in [5, 5.41) is 6.40. The molecule has 4 aromatic rings. The quantitative estimate of drug-likeness (QED) is 0.342. The lowest BCUT2D eigenvalue weighted by molar-refractivity contribution is 0.598. The van der Waals surface area contributed by atoms with Crippen LogP contribution in [0.25, 0.3) is 0 Å². The number of anilines is 5. The third kappa shape index (κ3) is 5.49. The smallest absolute Gasteiger partial charge is 0.280 e. The van der Waals surface area contributed by atoms with Crippen molar-refractivity contribution < 1.29 is 8.42 Å². The van der Waals surface area contributed by atoms with Crippen LogP contribution in [0, 0.1) is 20.8 Å². The van der Waals surface area contributed by atoms with Crippen molar-refractivity contribution in [3.05, 3.63) is 72.1 Å². The summed E-state index contributed by atoms with van der Waals surface area (Å²) in [7, 11) is -3.78. The van der Waals surface area contributed by atoms with Crippen molar-refractivity contribution in [1.29, 1.82) is 0 Å². The van der Waals surface area contributed by atoms with Crippen molar-refractivity contribution in [2.75, 3.05) is 15.4 Å². The summed E-state index contributed by atoms with van der Waals surface area (Å²) < 4.78 is 29.7. The van der Waals surface area contributed by atoms with Crippen LogP contribution in [0.4, 0.5) is 28.8 Å². The predicted molar refractivity (Wildman–Crippen MR) is 132 cm³/mol. The lowest BCUT2D eigenvalue weighted by Gasteiger charge is -2.11. The van der Waals surface area contributed by atoms with Crippen molar-refractivity contribution in [2.45, 2.75) is 39.3 Å². The Bertz CT molecular complexity index is 1420. The fourth-order valence-corrected chi connectivity index (χ4v) is 4.41. The maximum absolute atomic E-state index is 12.7. The van der Waals surface area contributed by atoms with E-state index in [4.69, 9.17) is 0 Å². The van der Waals surface area contributed by atoms with Crippen LogP contribution in [0.1, 0.15) is 24.1 Å². The third-order valence-corrected chi connectivity index (χ3v) is 6.24. The molecule has 0 bridgehead atoms. The highest BCUT2D eigenvalue weighted by Crippen LogP contribution is 2.22. The second kappa shape index (κ2) is 9.48. The zero-order valence-corrected chi connectivity index (χ0v) is 20.2. The van der Waals surface area contributed by atoms with Crippen LogP contribution in [0.2, 0.25) is 0 Å². The predicted octanol–water partition coefficient (Wildman–Crippen LogP) is 4.30. The van der Waals surface area contributed by atoms with Gasteiger partial charge in [-0.15, -0.1) is 0 Å². The Labute approximate surface area is 198 Å². The molecule has 0 atom stereocenters. The summed E-state index contributed by atoms with van der Waals surface area (Å²) in [6, 6.07) is 12.5. The van der Waals surface area contributed by atoms with Crippen molar-refractivity contribution in [2.24, 2.45) is 0 Å². The van der Waals surface area contributed by atoms with E-state index in [1.807, 2.05) is 26.0 Å². The number of rotatable bonds is 8. The summed E-state index contributed by atoms with van der Waals surface area (Å²) in [5.41, 5.74) is 2.26. The molecule has 0 saturated carbocycles. The molecule has 1 aromatic carbocycles. The van der Waals surface area contributed by atoms with Gasteiger partial charge in [0.2, 0.25) is 0 Å². The van der Waals surface area contributed by atoms with Crippen LogP contribution in [-0.4, -0.2) is 32.9 Å². The summed E-state index contributed by atoms with van der Waals surface area (Å²) in [5.74, 6) is 3.14. The molecule has 10 nitrogen and oxygen atoms in total. The molecular formula is C23H26N8O2S. The van der Waals surface area contributed by atoms with E-state index in [-0.39, 0.29) is 5.03 Å². The maximum atomic E-state index is 12.7. The fraction of sp³-hybridized carbons (Fsp3) is 0.217. The Balaban J connectivity index is 1.46. The molecule has 0 spiro atoms. The van der Waals surface area contributed by atoms with Crippen molar-refractivity contribution in [3.63, 3.8) is 0 Å². The molecule has 0 aliphatic carbocycles. The first-order valence-electron chi connectivity index (χ1n) is 10.7. The molecule has 3 heterocycles. The van der Waals surface area contributed by atoms with Crippen molar-refractivity contribution in [3.8, 4) is 0 Å². The Hall–Kier alpha value is -3.99. The highest BCUT2D eigenvalue weighted by Gasteiger charge is 2.19. The highest BCUT2D eigenvalue weighted by atomic mass is 32.2. The summed E-state index contributed by atoms with van der Waals surface area (Å²) in [6.45, 7) is 8.15. The summed E-state index contributed by atoms with van der Waals surface area (Å²) in [6.07, 6.45) is 3.26. The number of pyridine rings is 1. The van der Waals surface area contributed by atoms with E-state index < -0.39 is 10.0 Å². The molecule has 34 heavy (non-hydrogen) atoms. The minimum absolute atomic E-state index is 0.00589.